The van der Waals surface area contributed by atoms with E-state index in [1.807, 2.05) is 16.7 Å². The fourth-order valence-electron chi connectivity index (χ4n) is 2.87. The van der Waals surface area contributed by atoms with E-state index in [1.54, 1.807) is 0 Å². The van der Waals surface area contributed by atoms with Gasteiger partial charge in [0.2, 0.25) is 0 Å². The third-order valence-corrected chi connectivity index (χ3v) is 5.27. The Bertz CT molecular complexity index is 496. The van der Waals surface area contributed by atoms with Gasteiger partial charge in [-0.3, -0.25) is 0 Å². The van der Waals surface area contributed by atoms with Crippen LogP contribution in [0.3, 0.4) is 0 Å². The van der Waals surface area contributed by atoms with E-state index in [9.17, 15) is 9.90 Å². The molecule has 1 aromatic carbocycles. The molecule has 1 atom stereocenters. The smallest absolute Gasteiger partial charge is 0.317 e. The van der Waals surface area contributed by atoms with Gasteiger partial charge in [0.05, 0.1) is 0 Å². The van der Waals surface area contributed by atoms with Crippen molar-refractivity contribution in [3.05, 3.63) is 35.4 Å². The second-order valence-corrected chi connectivity index (χ2v) is 7.37. The van der Waals surface area contributed by atoms with Crippen molar-refractivity contribution < 1.29 is 9.90 Å². The maximum atomic E-state index is 12.1. The Morgan fingerprint density at radius 1 is 1.48 bits per heavy atom. The van der Waals surface area contributed by atoms with Crippen molar-refractivity contribution >= 4 is 17.8 Å². The Hall–Kier alpha value is -1.20. The number of nitrogens with one attached hydrogen (secondary N) is 1. The number of likely N-dealkylation sites (tertiary alicyclic amines) is 1. The van der Waals surface area contributed by atoms with Crippen molar-refractivity contribution in [3.63, 3.8) is 0 Å². The summed E-state index contributed by atoms with van der Waals surface area (Å²) in [4.78, 5) is 13.9. The molecule has 1 saturated heterocycles. The SMILES string of the molecule is Cc1cccc(CSCCCNC(=O)N2CCC[C@H](CO)C2)c1. The first-order valence-corrected chi connectivity index (χ1v) is 9.61. The molecule has 2 amide bonds. The zero-order valence-corrected chi connectivity index (χ0v) is 14.8. The largest absolute Gasteiger partial charge is 0.396 e. The van der Waals surface area contributed by atoms with Crippen molar-refractivity contribution in [1.82, 2.24) is 10.2 Å². The molecule has 23 heavy (non-hydrogen) atoms. The first-order chi connectivity index (χ1) is 11.2. The summed E-state index contributed by atoms with van der Waals surface area (Å²) in [5, 5.41) is 12.2. The highest BCUT2D eigenvalue weighted by Crippen LogP contribution is 2.16. The molecule has 5 heteroatoms. The van der Waals surface area contributed by atoms with Crippen LogP contribution in [0.2, 0.25) is 0 Å². The van der Waals surface area contributed by atoms with Gasteiger partial charge in [0, 0.05) is 32.0 Å². The Morgan fingerprint density at radius 2 is 2.35 bits per heavy atom. The molecule has 1 aliphatic heterocycles. The molecule has 1 aliphatic rings. The van der Waals surface area contributed by atoms with Gasteiger partial charge in [0.15, 0.2) is 0 Å². The summed E-state index contributed by atoms with van der Waals surface area (Å²) in [6.07, 6.45) is 3.00. The highest BCUT2D eigenvalue weighted by atomic mass is 32.2. The average molecular weight is 337 g/mol. The van der Waals surface area contributed by atoms with Crippen molar-refractivity contribution in [2.75, 3.05) is 32.0 Å². The lowest BCUT2D eigenvalue weighted by atomic mass is 9.99. The van der Waals surface area contributed by atoms with Gasteiger partial charge in [-0.15, -0.1) is 0 Å². The van der Waals surface area contributed by atoms with Crippen LogP contribution in [0.1, 0.15) is 30.4 Å². The van der Waals surface area contributed by atoms with Crippen LogP contribution in [-0.4, -0.2) is 48.0 Å². The number of hydrogen-bond acceptors (Lipinski definition) is 3. The summed E-state index contributed by atoms with van der Waals surface area (Å²) in [5.74, 6) is 2.33. The lowest BCUT2D eigenvalue weighted by molar-refractivity contribution is 0.129. The standard InChI is InChI=1S/C18H28N2O2S/c1-15-5-2-6-16(11-15)14-23-10-4-8-19-18(22)20-9-3-7-17(12-20)13-21/h2,5-6,11,17,21H,3-4,7-10,12-14H2,1H3,(H,19,22)/t17-/m0/s1. The van der Waals surface area contributed by atoms with Crippen LogP contribution in [0.4, 0.5) is 4.79 Å². The van der Waals surface area contributed by atoms with E-state index in [2.05, 4.69) is 36.5 Å². The lowest BCUT2D eigenvalue weighted by Gasteiger charge is -2.31. The van der Waals surface area contributed by atoms with E-state index < -0.39 is 0 Å². The quantitative estimate of drug-likeness (QED) is 0.753. The molecule has 128 valence electrons. The first-order valence-electron chi connectivity index (χ1n) is 8.46. The monoisotopic (exact) mass is 336 g/mol. The van der Waals surface area contributed by atoms with Crippen molar-refractivity contribution in [2.45, 2.75) is 31.9 Å². The third kappa shape index (κ3) is 6.43. The van der Waals surface area contributed by atoms with E-state index >= 15 is 0 Å². The second-order valence-electron chi connectivity index (χ2n) is 6.26. The number of carbonyl (C=O) groups excluding carboxylic acids is 1. The Kier molecular flexibility index (Phi) is 7.76. The van der Waals surface area contributed by atoms with Crippen LogP contribution in [-0.2, 0) is 5.75 Å². The fourth-order valence-corrected chi connectivity index (χ4v) is 3.78. The molecule has 0 unspecified atom stereocenters. The minimum absolute atomic E-state index is 0.0202. The van der Waals surface area contributed by atoms with Gasteiger partial charge in [-0.25, -0.2) is 4.79 Å². The van der Waals surface area contributed by atoms with Gasteiger partial charge in [-0.2, -0.15) is 11.8 Å². The Morgan fingerprint density at radius 3 is 3.13 bits per heavy atom. The summed E-state index contributed by atoms with van der Waals surface area (Å²) in [6.45, 7) is 4.51. The molecule has 2 rings (SSSR count). The number of piperidine rings is 1. The first kappa shape index (κ1) is 18.1. The second kappa shape index (κ2) is 9.83. The molecule has 2 N–H and O–H groups in total. The fraction of sp³-hybridized carbons (Fsp3) is 0.611. The van der Waals surface area contributed by atoms with Gasteiger partial charge >= 0.3 is 6.03 Å². The minimum atomic E-state index is 0.0202. The molecular formula is C18H28N2O2S. The number of hydrogen-bond donors (Lipinski definition) is 2. The summed E-state index contributed by atoms with van der Waals surface area (Å²) in [7, 11) is 0. The van der Waals surface area contributed by atoms with Gasteiger partial charge < -0.3 is 15.3 Å². The van der Waals surface area contributed by atoms with Crippen LogP contribution in [0.25, 0.3) is 0 Å². The predicted molar refractivity (Wildman–Crippen MR) is 96.7 cm³/mol. The maximum Gasteiger partial charge on any atom is 0.317 e. The van der Waals surface area contributed by atoms with E-state index in [1.165, 1.54) is 11.1 Å². The molecule has 0 bridgehead atoms. The maximum absolute atomic E-state index is 12.1. The van der Waals surface area contributed by atoms with E-state index in [4.69, 9.17) is 0 Å². The van der Waals surface area contributed by atoms with Crippen LogP contribution in [0.5, 0.6) is 0 Å². The third-order valence-electron chi connectivity index (χ3n) is 4.16. The molecule has 0 spiro atoms. The normalized spacial score (nSPS) is 18.0. The van der Waals surface area contributed by atoms with Crippen molar-refractivity contribution in [2.24, 2.45) is 5.92 Å². The number of aliphatic hydroxyl groups is 1. The molecule has 1 fully saturated rings. The molecule has 1 heterocycles. The highest BCUT2D eigenvalue weighted by molar-refractivity contribution is 7.98. The number of aliphatic hydroxyl groups excluding tert-OH is 1. The van der Waals surface area contributed by atoms with Gasteiger partial charge in [0.1, 0.15) is 0 Å². The van der Waals surface area contributed by atoms with Crippen LogP contribution >= 0.6 is 11.8 Å². The number of nitrogens with zero attached hydrogens (tertiary/aromatic N) is 1. The Balaban J connectivity index is 1.55. The van der Waals surface area contributed by atoms with E-state index in [0.29, 0.717) is 6.54 Å². The summed E-state index contributed by atoms with van der Waals surface area (Å²) >= 11 is 1.91. The number of urea groups is 1. The lowest BCUT2D eigenvalue weighted by Crippen LogP contribution is -2.46. The molecule has 0 radical (unpaired) electrons. The topological polar surface area (TPSA) is 52.6 Å². The van der Waals surface area contributed by atoms with Crippen LogP contribution < -0.4 is 5.32 Å². The van der Waals surface area contributed by atoms with Crippen molar-refractivity contribution in [1.29, 1.82) is 0 Å². The number of rotatable bonds is 7. The number of thioether (sulfide) groups is 1. The Labute approximate surface area is 143 Å². The number of amides is 2. The summed E-state index contributed by atoms with van der Waals surface area (Å²) in [5.41, 5.74) is 2.67. The van der Waals surface area contributed by atoms with Crippen LogP contribution in [0, 0.1) is 12.8 Å². The number of aryl methyl sites for hydroxylation is 1. The molecule has 4 nitrogen and oxygen atoms in total. The summed E-state index contributed by atoms with van der Waals surface area (Å²) < 4.78 is 0. The number of carbonyl (C=O) groups is 1. The van der Waals surface area contributed by atoms with Gasteiger partial charge in [-0.05, 0) is 43.4 Å². The molecule has 1 aromatic rings. The average Bonchev–Trinajstić information content (AvgIpc) is 2.58. The molecule has 0 aromatic heterocycles. The van der Waals surface area contributed by atoms with Crippen LogP contribution in [0.15, 0.2) is 24.3 Å². The predicted octanol–water partition coefficient (Wildman–Crippen LogP) is 3.03. The molecular weight excluding hydrogens is 308 g/mol. The van der Waals surface area contributed by atoms with Crippen molar-refractivity contribution in [3.8, 4) is 0 Å². The zero-order chi connectivity index (χ0) is 16.5. The zero-order valence-electron chi connectivity index (χ0n) is 14.0. The molecule has 0 aliphatic carbocycles. The van der Waals surface area contributed by atoms with Gasteiger partial charge in [0.25, 0.3) is 0 Å². The minimum Gasteiger partial charge on any atom is -0.396 e. The van der Waals surface area contributed by atoms with E-state index in [-0.39, 0.29) is 18.6 Å². The molecule has 0 saturated carbocycles. The summed E-state index contributed by atoms with van der Waals surface area (Å²) in [6, 6.07) is 8.63. The van der Waals surface area contributed by atoms with Gasteiger partial charge in [-0.1, -0.05) is 29.8 Å². The highest BCUT2D eigenvalue weighted by Gasteiger charge is 2.22. The van der Waals surface area contributed by atoms with E-state index in [0.717, 1.165) is 43.9 Å². The number of benzene rings is 1.